The molecule has 0 bridgehead atoms. The molecule has 4 nitrogen and oxygen atoms in total. The van der Waals surface area contributed by atoms with Gasteiger partial charge in [-0.25, -0.2) is 0 Å². The lowest BCUT2D eigenvalue weighted by Crippen LogP contribution is -2.39. The summed E-state index contributed by atoms with van der Waals surface area (Å²) in [6.45, 7) is 3.82. The third-order valence-corrected chi connectivity index (χ3v) is 4.22. The second kappa shape index (κ2) is 6.66. The maximum Gasteiger partial charge on any atom is 0.125 e. The number of aliphatic imine (C=N–C) groups is 1. The lowest BCUT2D eigenvalue weighted by molar-refractivity contribution is -0.0725. The zero-order valence-corrected chi connectivity index (χ0v) is 12.0. The Labute approximate surface area is 120 Å². The van der Waals surface area contributed by atoms with E-state index in [0.29, 0.717) is 5.92 Å². The zero-order chi connectivity index (χ0) is 13.7. The summed E-state index contributed by atoms with van der Waals surface area (Å²) in [7, 11) is 0. The predicted molar refractivity (Wildman–Crippen MR) is 80.0 cm³/mol. The maximum atomic E-state index is 6.39. The minimum atomic E-state index is -0.348. The second-order valence-corrected chi connectivity index (χ2v) is 5.86. The Morgan fingerprint density at radius 2 is 2.20 bits per heavy atom. The van der Waals surface area contributed by atoms with E-state index in [2.05, 4.69) is 28.5 Å². The molecule has 0 aromatic rings. The molecule has 3 aliphatic heterocycles. The van der Waals surface area contributed by atoms with Crippen LogP contribution in [-0.4, -0.2) is 44.2 Å². The van der Waals surface area contributed by atoms with Gasteiger partial charge in [0.1, 0.15) is 5.60 Å². The molecule has 0 radical (unpaired) electrons. The van der Waals surface area contributed by atoms with Crippen molar-refractivity contribution in [3.05, 3.63) is 24.4 Å². The molecule has 1 unspecified atom stereocenters. The molecule has 2 atom stereocenters. The first-order chi connectivity index (χ1) is 9.86. The molecule has 0 saturated carbocycles. The van der Waals surface area contributed by atoms with Gasteiger partial charge in [0.25, 0.3) is 0 Å². The van der Waals surface area contributed by atoms with E-state index in [9.17, 15) is 0 Å². The molecule has 4 heteroatoms. The number of rotatable bonds is 4. The van der Waals surface area contributed by atoms with Gasteiger partial charge in [0.05, 0.1) is 6.10 Å². The molecule has 3 rings (SSSR count). The highest BCUT2D eigenvalue weighted by molar-refractivity contribution is 5.74. The Morgan fingerprint density at radius 1 is 1.30 bits per heavy atom. The summed E-state index contributed by atoms with van der Waals surface area (Å²) in [6, 6.07) is 0. The van der Waals surface area contributed by atoms with Gasteiger partial charge in [-0.3, -0.25) is 4.99 Å². The molecule has 0 aromatic carbocycles. The van der Waals surface area contributed by atoms with E-state index < -0.39 is 0 Å². The van der Waals surface area contributed by atoms with Crippen LogP contribution < -0.4 is 5.32 Å². The summed E-state index contributed by atoms with van der Waals surface area (Å²) >= 11 is 0. The summed E-state index contributed by atoms with van der Waals surface area (Å²) in [5, 5.41) is 3.40. The molecular weight excluding hydrogens is 252 g/mol. The summed E-state index contributed by atoms with van der Waals surface area (Å²) in [5.41, 5.74) is -0.348. The van der Waals surface area contributed by atoms with Gasteiger partial charge in [0.2, 0.25) is 0 Å². The van der Waals surface area contributed by atoms with E-state index in [-0.39, 0.29) is 11.7 Å². The summed E-state index contributed by atoms with van der Waals surface area (Å²) in [4.78, 5) is 4.31. The summed E-state index contributed by atoms with van der Waals surface area (Å²) in [6.07, 6.45) is 14.8. The van der Waals surface area contributed by atoms with Crippen molar-refractivity contribution in [2.45, 2.75) is 37.4 Å². The molecular formula is C16H24N2O2. The topological polar surface area (TPSA) is 42.9 Å². The van der Waals surface area contributed by atoms with Crippen molar-refractivity contribution in [3.63, 3.8) is 0 Å². The van der Waals surface area contributed by atoms with Crippen LogP contribution in [0.15, 0.2) is 29.4 Å². The van der Waals surface area contributed by atoms with Crippen LogP contribution in [0.4, 0.5) is 0 Å². The Kier molecular flexibility index (Phi) is 4.65. The summed E-state index contributed by atoms with van der Waals surface area (Å²) < 4.78 is 11.8. The number of hydrogen-bond donors (Lipinski definition) is 1. The van der Waals surface area contributed by atoms with Gasteiger partial charge in [-0.2, -0.15) is 0 Å². The monoisotopic (exact) mass is 276 g/mol. The molecule has 110 valence electrons. The molecule has 0 aliphatic carbocycles. The van der Waals surface area contributed by atoms with Crippen LogP contribution in [0.2, 0.25) is 0 Å². The van der Waals surface area contributed by atoms with Crippen molar-refractivity contribution in [2.24, 2.45) is 10.9 Å². The highest BCUT2D eigenvalue weighted by Crippen LogP contribution is 2.26. The standard InChI is InChI=1S/C16H24N2O2/c1-6-16(13-18-8-1,7-2-14-3-9-17-12-14)20-15-4-10-19-11-5-15/h1-2,7-8,13-15,17H,3-6,9-12H2/b7-2+/t14?,16-/m1/s1. The zero-order valence-electron chi connectivity index (χ0n) is 12.0. The minimum Gasteiger partial charge on any atom is -0.381 e. The molecule has 2 fully saturated rings. The predicted octanol–water partition coefficient (Wildman–Crippen LogP) is 2.07. The number of nitrogens with zero attached hydrogens (tertiary/aromatic N) is 1. The van der Waals surface area contributed by atoms with E-state index in [0.717, 1.165) is 45.6 Å². The van der Waals surface area contributed by atoms with Gasteiger partial charge >= 0.3 is 0 Å². The van der Waals surface area contributed by atoms with E-state index in [1.807, 2.05) is 12.4 Å². The lowest BCUT2D eigenvalue weighted by atomic mass is 9.95. The van der Waals surface area contributed by atoms with Gasteiger partial charge < -0.3 is 14.8 Å². The fraction of sp³-hybridized carbons (Fsp3) is 0.688. The fourth-order valence-corrected chi connectivity index (χ4v) is 2.99. The van der Waals surface area contributed by atoms with Crippen LogP contribution in [0.5, 0.6) is 0 Å². The van der Waals surface area contributed by atoms with Crippen LogP contribution >= 0.6 is 0 Å². The molecule has 20 heavy (non-hydrogen) atoms. The Hall–Kier alpha value is -0.970. The van der Waals surface area contributed by atoms with Gasteiger partial charge in [-0.15, -0.1) is 0 Å². The number of ether oxygens (including phenoxy) is 2. The van der Waals surface area contributed by atoms with Gasteiger partial charge in [-0.05, 0) is 31.7 Å². The smallest absolute Gasteiger partial charge is 0.125 e. The van der Waals surface area contributed by atoms with Crippen LogP contribution in [0.1, 0.15) is 25.7 Å². The third-order valence-electron chi connectivity index (χ3n) is 4.22. The normalized spacial score (nSPS) is 35.1. The Morgan fingerprint density at radius 3 is 2.90 bits per heavy atom. The second-order valence-electron chi connectivity index (χ2n) is 5.86. The molecule has 3 heterocycles. The highest BCUT2D eigenvalue weighted by Gasteiger charge is 2.31. The van der Waals surface area contributed by atoms with Crippen LogP contribution in [0.3, 0.4) is 0 Å². The van der Waals surface area contributed by atoms with E-state index >= 15 is 0 Å². The highest BCUT2D eigenvalue weighted by atomic mass is 16.5. The van der Waals surface area contributed by atoms with Gasteiger partial charge in [-0.1, -0.05) is 18.2 Å². The van der Waals surface area contributed by atoms with E-state index in [1.54, 1.807) is 0 Å². The van der Waals surface area contributed by atoms with Crippen molar-refractivity contribution in [1.29, 1.82) is 0 Å². The molecule has 0 aromatic heterocycles. The Balaban J connectivity index is 1.67. The molecule has 3 aliphatic rings. The molecule has 0 spiro atoms. The third kappa shape index (κ3) is 3.57. The average Bonchev–Trinajstić information content (AvgIpc) is 3.01. The summed E-state index contributed by atoms with van der Waals surface area (Å²) in [5.74, 6) is 0.629. The number of hydrogen-bond acceptors (Lipinski definition) is 4. The molecule has 0 amide bonds. The first-order valence-electron chi connectivity index (χ1n) is 7.71. The fourth-order valence-electron chi connectivity index (χ4n) is 2.99. The van der Waals surface area contributed by atoms with Crippen molar-refractivity contribution in [3.8, 4) is 0 Å². The Bertz CT molecular complexity index is 393. The largest absolute Gasteiger partial charge is 0.381 e. The van der Waals surface area contributed by atoms with Crippen molar-refractivity contribution in [1.82, 2.24) is 5.32 Å². The van der Waals surface area contributed by atoms with Gasteiger partial charge in [0, 0.05) is 38.6 Å². The van der Waals surface area contributed by atoms with E-state index in [1.165, 1.54) is 6.42 Å². The van der Waals surface area contributed by atoms with Gasteiger partial charge in [0.15, 0.2) is 0 Å². The maximum absolute atomic E-state index is 6.39. The number of nitrogens with one attached hydrogen (secondary N) is 1. The first kappa shape index (κ1) is 14.0. The molecule has 1 N–H and O–H groups in total. The minimum absolute atomic E-state index is 0.285. The molecule has 2 saturated heterocycles. The quantitative estimate of drug-likeness (QED) is 0.799. The van der Waals surface area contributed by atoms with Crippen molar-refractivity contribution in [2.75, 3.05) is 26.3 Å². The van der Waals surface area contributed by atoms with Crippen molar-refractivity contribution < 1.29 is 9.47 Å². The van der Waals surface area contributed by atoms with Crippen molar-refractivity contribution >= 4 is 6.21 Å². The van der Waals surface area contributed by atoms with Crippen LogP contribution in [-0.2, 0) is 9.47 Å². The SMILES string of the molecule is C1=CN=C[C@@](/C=C/C2CCNC2)(OC2CCOCC2)C1. The lowest BCUT2D eigenvalue weighted by Gasteiger charge is -2.34. The van der Waals surface area contributed by atoms with Crippen LogP contribution in [0, 0.1) is 5.92 Å². The van der Waals surface area contributed by atoms with Crippen LogP contribution in [0.25, 0.3) is 0 Å². The first-order valence-corrected chi connectivity index (χ1v) is 7.71. The van der Waals surface area contributed by atoms with E-state index in [4.69, 9.17) is 9.47 Å². The average molecular weight is 276 g/mol.